The minimum absolute atomic E-state index is 0. The minimum atomic E-state index is -0.484. The van der Waals surface area contributed by atoms with E-state index in [2.05, 4.69) is 12.6 Å². The van der Waals surface area contributed by atoms with Crippen LogP contribution in [0.15, 0.2) is 29.2 Å². The zero-order valence-electron chi connectivity index (χ0n) is 6.21. The maximum atomic E-state index is 10.2. The van der Waals surface area contributed by atoms with Crippen molar-refractivity contribution < 1.29 is 19.0 Å². The Labute approximate surface area is 77.4 Å². The number of benzene rings is 1. The molecule has 0 saturated heterocycles. The molecule has 0 atom stereocenters. The van der Waals surface area contributed by atoms with Crippen LogP contribution in [-0.4, -0.2) is 4.92 Å². The third-order valence-corrected chi connectivity index (χ3v) is 1.41. The molecule has 0 fully saturated rings. The number of nitrogens with zero attached hydrogens (tertiary/aromatic N) is 1. The Bertz CT molecular complexity index is 272. The molecule has 1 aromatic carbocycles. The van der Waals surface area contributed by atoms with Gasteiger partial charge >= 0.3 is 0 Å². The molecule has 0 saturated carbocycles. The van der Waals surface area contributed by atoms with E-state index in [1.807, 2.05) is 0 Å². The molecule has 0 bridgehead atoms. The van der Waals surface area contributed by atoms with Crippen LogP contribution in [0.2, 0.25) is 0 Å². The van der Waals surface area contributed by atoms with Crippen LogP contribution in [-0.2, 0) is 0 Å². The van der Waals surface area contributed by atoms with Gasteiger partial charge in [-0.15, -0.1) is 0 Å². The Morgan fingerprint density at radius 1 is 1.15 bits per heavy atom. The van der Waals surface area contributed by atoms with Gasteiger partial charge in [0, 0.05) is 6.07 Å². The maximum Gasteiger partial charge on any atom is 0.287 e. The summed E-state index contributed by atoms with van der Waals surface area (Å²) in [6.07, 6.45) is 0. The summed E-state index contributed by atoms with van der Waals surface area (Å²) in [7, 11) is 0. The van der Waals surface area contributed by atoms with E-state index in [0.717, 1.165) is 0 Å². The molecule has 0 aliphatic heterocycles. The van der Waals surface area contributed by atoms with E-state index < -0.39 is 4.92 Å². The fourth-order valence-electron chi connectivity index (χ4n) is 0.608. The predicted octanol–water partition coefficient (Wildman–Crippen LogP) is 2.61. The summed E-state index contributed by atoms with van der Waals surface area (Å²) in [5.74, 6) is 0. The van der Waals surface area contributed by atoms with Gasteiger partial charge in [-0.2, -0.15) is 0 Å². The van der Waals surface area contributed by atoms with Gasteiger partial charge in [0.25, 0.3) is 5.69 Å². The predicted molar refractivity (Wildman–Crippen MR) is 46.5 cm³/mol. The van der Waals surface area contributed by atoms with E-state index in [-0.39, 0.29) is 24.7 Å². The molecule has 7 heteroatoms. The van der Waals surface area contributed by atoms with Crippen LogP contribution in [0.25, 0.3) is 0 Å². The summed E-state index contributed by atoms with van der Waals surface area (Å²) in [5, 5.41) is 10.2. The normalized spacial score (nSPS) is 7.08. The van der Waals surface area contributed by atoms with Gasteiger partial charge in [-0.1, -0.05) is 24.8 Å². The van der Waals surface area contributed by atoms with Crippen LogP contribution in [0.5, 0.6) is 0 Å². The van der Waals surface area contributed by atoms with Crippen molar-refractivity contribution >= 4 is 18.3 Å². The Morgan fingerprint density at radius 3 is 1.92 bits per heavy atom. The fourth-order valence-corrected chi connectivity index (χ4v) is 0.829. The number of hydrogen-bond donors (Lipinski definition) is 0. The molecular formula is C6H7F3NO2S. The number of rotatable bonds is 1. The van der Waals surface area contributed by atoms with Gasteiger partial charge in [0.2, 0.25) is 0 Å². The Hall–Kier alpha value is -1.37. The highest BCUT2D eigenvalue weighted by Gasteiger charge is 2.08. The average molecular weight is 214 g/mol. The Balaban J connectivity index is -0.000000333. The lowest BCUT2D eigenvalue weighted by Crippen LogP contribution is -1.87. The van der Waals surface area contributed by atoms with E-state index >= 15 is 0 Å². The molecule has 0 aliphatic carbocycles. The third-order valence-electron chi connectivity index (χ3n) is 1.06. The first kappa shape index (κ1) is 17.6. The molecule has 0 amide bonds. The number of para-hydroxylation sites is 1. The highest BCUT2D eigenvalue weighted by molar-refractivity contribution is 7.80. The van der Waals surface area contributed by atoms with Crippen molar-refractivity contribution in [2.45, 2.75) is 4.90 Å². The first-order valence-corrected chi connectivity index (χ1v) is 3.03. The van der Waals surface area contributed by atoms with Crippen molar-refractivity contribution in [2.24, 2.45) is 0 Å². The van der Waals surface area contributed by atoms with E-state index in [4.69, 9.17) is 0 Å². The van der Waals surface area contributed by atoms with Crippen molar-refractivity contribution in [1.29, 1.82) is 0 Å². The Morgan fingerprint density at radius 2 is 1.62 bits per heavy atom. The lowest BCUT2D eigenvalue weighted by Gasteiger charge is -1.90. The smallest absolute Gasteiger partial charge is 0.269 e. The SMILES string of the molecule is F.F.F.O=[N+]([O-])c1ccccc1[S]. The lowest BCUT2D eigenvalue weighted by atomic mass is 10.3. The second kappa shape index (κ2) is 7.29. The number of halogens is 3. The summed E-state index contributed by atoms with van der Waals surface area (Å²) >= 11 is 4.69. The molecule has 75 valence electrons. The van der Waals surface area contributed by atoms with Crippen molar-refractivity contribution in [3.63, 3.8) is 0 Å². The largest absolute Gasteiger partial charge is 0.287 e. The summed E-state index contributed by atoms with van der Waals surface area (Å²) in [6, 6.07) is 6.19. The van der Waals surface area contributed by atoms with E-state index in [1.54, 1.807) is 12.1 Å². The summed E-state index contributed by atoms with van der Waals surface area (Å²) < 4.78 is 0. The van der Waals surface area contributed by atoms with Crippen LogP contribution >= 0.6 is 12.6 Å². The van der Waals surface area contributed by atoms with Gasteiger partial charge in [-0.25, -0.2) is 0 Å². The topological polar surface area (TPSA) is 43.1 Å². The van der Waals surface area contributed by atoms with E-state index in [0.29, 0.717) is 0 Å². The van der Waals surface area contributed by atoms with Crippen LogP contribution in [0.4, 0.5) is 19.8 Å². The van der Waals surface area contributed by atoms with Crippen molar-refractivity contribution in [3.05, 3.63) is 34.4 Å². The highest BCUT2D eigenvalue weighted by atomic mass is 32.1. The summed E-state index contributed by atoms with van der Waals surface area (Å²) in [6.45, 7) is 0. The second-order valence-corrected chi connectivity index (χ2v) is 2.16. The number of hydrogen-bond acceptors (Lipinski definition) is 2. The van der Waals surface area contributed by atoms with E-state index in [1.165, 1.54) is 12.1 Å². The van der Waals surface area contributed by atoms with Gasteiger partial charge < -0.3 is 0 Å². The number of nitro groups is 1. The first-order chi connectivity index (χ1) is 4.72. The van der Waals surface area contributed by atoms with E-state index in [9.17, 15) is 10.1 Å². The van der Waals surface area contributed by atoms with Crippen molar-refractivity contribution in [1.82, 2.24) is 0 Å². The highest BCUT2D eigenvalue weighted by Crippen LogP contribution is 2.20. The first-order valence-electron chi connectivity index (χ1n) is 2.62. The van der Waals surface area contributed by atoms with Gasteiger partial charge in [-0.05, 0) is 6.07 Å². The molecular weight excluding hydrogens is 207 g/mol. The molecule has 0 heterocycles. The zero-order chi connectivity index (χ0) is 7.56. The molecule has 0 aromatic heterocycles. The molecule has 0 unspecified atom stereocenters. The quantitative estimate of drug-likeness (QED) is 0.532. The molecule has 1 aromatic rings. The second-order valence-electron chi connectivity index (χ2n) is 1.72. The minimum Gasteiger partial charge on any atom is -0.269 e. The molecule has 0 spiro atoms. The molecule has 13 heavy (non-hydrogen) atoms. The van der Waals surface area contributed by atoms with Gasteiger partial charge in [0.15, 0.2) is 0 Å². The summed E-state index contributed by atoms with van der Waals surface area (Å²) in [5.41, 5.74) is -0.00231. The van der Waals surface area contributed by atoms with Crippen LogP contribution in [0, 0.1) is 10.1 Å². The monoisotopic (exact) mass is 214 g/mol. The number of nitro benzene ring substituents is 1. The summed E-state index contributed by atoms with van der Waals surface area (Å²) in [4.78, 5) is 9.96. The van der Waals surface area contributed by atoms with Gasteiger partial charge in [0.1, 0.15) is 4.90 Å². The van der Waals surface area contributed by atoms with Crippen molar-refractivity contribution in [3.8, 4) is 0 Å². The maximum absolute atomic E-state index is 10.2. The van der Waals surface area contributed by atoms with Crippen LogP contribution < -0.4 is 0 Å². The average Bonchev–Trinajstić information content (AvgIpc) is 1.88. The lowest BCUT2D eigenvalue weighted by molar-refractivity contribution is -0.387. The van der Waals surface area contributed by atoms with Crippen LogP contribution in [0.3, 0.4) is 0 Å². The Kier molecular flexibility index (Phi) is 9.89. The molecule has 0 N–H and O–H groups in total. The van der Waals surface area contributed by atoms with Crippen LogP contribution in [0.1, 0.15) is 0 Å². The molecule has 1 radical (unpaired) electrons. The van der Waals surface area contributed by atoms with Crippen molar-refractivity contribution in [2.75, 3.05) is 0 Å². The molecule has 1 rings (SSSR count). The van der Waals surface area contributed by atoms with Gasteiger partial charge in [-0.3, -0.25) is 24.2 Å². The molecule has 0 aliphatic rings. The zero-order valence-corrected chi connectivity index (χ0v) is 7.02. The van der Waals surface area contributed by atoms with Gasteiger partial charge in [0.05, 0.1) is 4.92 Å². The molecule has 3 nitrogen and oxygen atoms in total. The standard InChI is InChI=1S/C6H4NO2S.3FH/c8-7(9)5-3-1-2-4-6(5)10;;;/h1-4H;3*1H. The third kappa shape index (κ3) is 4.26. The fraction of sp³-hybridized carbons (Fsp3) is 0.